The molecule has 0 amide bonds. The van der Waals surface area contributed by atoms with Gasteiger partial charge in [0.2, 0.25) is 0 Å². The molecule has 0 radical (unpaired) electrons. The van der Waals surface area contributed by atoms with Crippen molar-refractivity contribution >= 4 is 11.0 Å². The van der Waals surface area contributed by atoms with Crippen LogP contribution in [-0.2, 0) is 10.8 Å². The number of benzene rings is 6. The van der Waals surface area contributed by atoms with Crippen LogP contribution in [0.5, 0.6) is 5.75 Å². The molecular weight excluding hydrogens is 767 g/mol. The van der Waals surface area contributed by atoms with Gasteiger partial charge in [0.25, 0.3) is 0 Å². The van der Waals surface area contributed by atoms with E-state index < -0.39 is 5.89 Å². The highest BCUT2D eigenvalue weighted by atomic mass is 16.3. The molecule has 0 unspecified atom stereocenters. The van der Waals surface area contributed by atoms with Crippen molar-refractivity contribution in [3.63, 3.8) is 0 Å². The summed E-state index contributed by atoms with van der Waals surface area (Å²) in [6.45, 7) is 26.0. The zero-order chi connectivity index (χ0) is 45.9. The fourth-order valence-electron chi connectivity index (χ4n) is 8.65. The van der Waals surface area contributed by atoms with Crippen LogP contribution in [0, 0.1) is 0 Å². The van der Waals surface area contributed by atoms with Crippen LogP contribution in [0.15, 0.2) is 140 Å². The van der Waals surface area contributed by atoms with E-state index in [1.807, 2.05) is 38.2 Å². The monoisotopic (exact) mass is 831 g/mol. The molecule has 0 saturated carbocycles. The van der Waals surface area contributed by atoms with Gasteiger partial charge in [-0.1, -0.05) is 168 Å². The molecule has 4 nitrogen and oxygen atoms in total. The maximum Gasteiger partial charge on any atom is 0.149 e. The zero-order valence-electron chi connectivity index (χ0n) is 40.2. The van der Waals surface area contributed by atoms with Crippen molar-refractivity contribution in [1.82, 2.24) is 14.5 Å². The number of nitrogens with zero attached hydrogens (tertiary/aromatic N) is 3. The topological polar surface area (TPSA) is 50.9 Å². The second-order valence-electron chi connectivity index (χ2n) is 20.2. The molecule has 1 N–H and O–H groups in total. The number of hydrogen-bond donors (Lipinski definition) is 1. The lowest BCUT2D eigenvalue weighted by atomic mass is 9.83. The van der Waals surface area contributed by atoms with Crippen LogP contribution in [0.25, 0.3) is 72.7 Å². The summed E-state index contributed by atoms with van der Waals surface area (Å²) in [6.07, 6.45) is 1.92. The number of imidazole rings is 1. The second-order valence-corrected chi connectivity index (χ2v) is 20.2. The van der Waals surface area contributed by atoms with E-state index in [2.05, 4.69) is 189 Å². The molecule has 0 aliphatic rings. The first kappa shape index (κ1) is 42.1. The van der Waals surface area contributed by atoms with Gasteiger partial charge in [0, 0.05) is 24.4 Å². The number of hydrogen-bond acceptors (Lipinski definition) is 3. The molecule has 8 aromatic rings. The van der Waals surface area contributed by atoms with Gasteiger partial charge in [-0.3, -0.25) is 9.55 Å². The highest BCUT2D eigenvalue weighted by Gasteiger charge is 2.25. The molecular formula is C59H63N3O. The highest BCUT2D eigenvalue weighted by Crippen LogP contribution is 2.44. The lowest BCUT2D eigenvalue weighted by molar-refractivity contribution is 0.466. The Balaban J connectivity index is 1.38. The van der Waals surface area contributed by atoms with E-state index in [-0.39, 0.29) is 28.4 Å². The third kappa shape index (κ3) is 8.61. The van der Waals surface area contributed by atoms with Crippen molar-refractivity contribution in [2.45, 2.75) is 112 Å². The van der Waals surface area contributed by atoms with Crippen molar-refractivity contribution in [2.24, 2.45) is 0 Å². The fourth-order valence-corrected chi connectivity index (χ4v) is 8.65. The standard InChI is InChI=1S/C59H63N3O/c1-36(2)42-32-51(38(5)6)56(63)52(33-42)57-61-55-49(19-16-20-54(55)62(57)47-25-26-48(50(35-47)37(3)4)40-17-14-13-15-18-40)43-29-44(31-46(30-43)59(10,11)12)53-34-41(27-28-60-53)39-21-23-45(24-22-39)58(7,8)9/h13-38,63H,1-12H3/i37D. The van der Waals surface area contributed by atoms with Gasteiger partial charge in [-0.05, 0) is 133 Å². The molecule has 0 aliphatic heterocycles. The van der Waals surface area contributed by atoms with Gasteiger partial charge >= 0.3 is 0 Å². The average molecular weight is 831 g/mol. The Kier molecular flexibility index (Phi) is 11.2. The lowest BCUT2D eigenvalue weighted by Crippen LogP contribution is -2.11. The Morgan fingerprint density at radius 3 is 1.89 bits per heavy atom. The van der Waals surface area contributed by atoms with E-state index in [4.69, 9.17) is 9.97 Å². The molecule has 0 bridgehead atoms. The van der Waals surface area contributed by atoms with Crippen molar-refractivity contribution in [3.05, 3.63) is 167 Å². The van der Waals surface area contributed by atoms with Crippen molar-refractivity contribution in [2.75, 3.05) is 0 Å². The van der Waals surface area contributed by atoms with Crippen LogP contribution in [0.3, 0.4) is 0 Å². The molecule has 0 fully saturated rings. The van der Waals surface area contributed by atoms with E-state index in [9.17, 15) is 6.48 Å². The van der Waals surface area contributed by atoms with Gasteiger partial charge in [-0.15, -0.1) is 0 Å². The minimum absolute atomic E-state index is 0.0789. The smallest absolute Gasteiger partial charge is 0.149 e. The Morgan fingerprint density at radius 2 is 1.24 bits per heavy atom. The second kappa shape index (κ2) is 16.8. The Bertz CT molecular complexity index is 2990. The summed E-state index contributed by atoms with van der Waals surface area (Å²) in [6, 6.07) is 47.4. The van der Waals surface area contributed by atoms with Crippen LogP contribution < -0.4 is 0 Å². The molecule has 4 heteroatoms. The van der Waals surface area contributed by atoms with Crippen LogP contribution in [-0.4, -0.2) is 19.6 Å². The molecule has 0 aliphatic carbocycles. The summed E-state index contributed by atoms with van der Waals surface area (Å²) in [4.78, 5) is 10.5. The average Bonchev–Trinajstić information content (AvgIpc) is 3.65. The van der Waals surface area contributed by atoms with Gasteiger partial charge in [-0.25, -0.2) is 4.98 Å². The highest BCUT2D eigenvalue weighted by molar-refractivity contribution is 5.97. The number of aromatic hydroxyl groups is 1. The first-order chi connectivity index (χ1) is 30.2. The fraction of sp³-hybridized carbons (Fsp3) is 0.288. The maximum atomic E-state index is 12.2. The lowest BCUT2D eigenvalue weighted by Gasteiger charge is -2.22. The molecule has 8 rings (SSSR count). The Morgan fingerprint density at radius 1 is 0.540 bits per heavy atom. The van der Waals surface area contributed by atoms with Gasteiger partial charge in [0.15, 0.2) is 0 Å². The zero-order valence-corrected chi connectivity index (χ0v) is 39.2. The number of rotatable bonds is 9. The van der Waals surface area contributed by atoms with E-state index in [0.29, 0.717) is 11.4 Å². The van der Waals surface area contributed by atoms with Crippen molar-refractivity contribution < 1.29 is 6.48 Å². The van der Waals surface area contributed by atoms with Crippen LogP contribution in [0.4, 0.5) is 0 Å². The van der Waals surface area contributed by atoms with Crippen molar-refractivity contribution in [1.29, 1.82) is 0 Å². The molecule has 0 spiro atoms. The van der Waals surface area contributed by atoms with E-state index in [0.717, 1.165) is 78.0 Å². The first-order valence-corrected chi connectivity index (χ1v) is 22.5. The van der Waals surface area contributed by atoms with Crippen LogP contribution in [0.1, 0.15) is 130 Å². The summed E-state index contributed by atoms with van der Waals surface area (Å²) in [5, 5.41) is 12.2. The predicted molar refractivity (Wildman–Crippen MR) is 267 cm³/mol. The minimum Gasteiger partial charge on any atom is -0.507 e. The predicted octanol–water partition coefficient (Wildman–Crippen LogP) is 16.4. The number of phenolic OH excluding ortho intramolecular Hbond substituents is 1. The molecule has 2 heterocycles. The number of phenols is 1. The van der Waals surface area contributed by atoms with Gasteiger partial charge < -0.3 is 5.11 Å². The van der Waals surface area contributed by atoms with Crippen LogP contribution in [0.2, 0.25) is 0 Å². The molecule has 320 valence electrons. The Hall–Kier alpha value is -6.26. The molecule has 2 aromatic heterocycles. The summed E-state index contributed by atoms with van der Waals surface area (Å²) in [7, 11) is 0. The SMILES string of the molecule is [2H]C(C)(C)c1cc(-n2c(-c3cc(C(C)C)cc(C(C)C)c3O)nc3c(-c4cc(-c5cc(-c6ccc(C(C)(C)C)cc6)ccn5)cc(C(C)(C)C)c4)cccc32)ccc1-c1ccccc1. The van der Waals surface area contributed by atoms with Crippen molar-refractivity contribution in [3.8, 4) is 67.5 Å². The quantitative estimate of drug-likeness (QED) is 0.158. The molecule has 63 heavy (non-hydrogen) atoms. The Labute approximate surface area is 377 Å². The van der Waals surface area contributed by atoms with E-state index in [1.165, 1.54) is 11.1 Å². The molecule has 0 atom stereocenters. The van der Waals surface area contributed by atoms with E-state index >= 15 is 0 Å². The summed E-state index contributed by atoms with van der Waals surface area (Å²) in [5.41, 5.74) is 17.0. The maximum absolute atomic E-state index is 12.2. The summed E-state index contributed by atoms with van der Waals surface area (Å²) >= 11 is 0. The summed E-state index contributed by atoms with van der Waals surface area (Å²) in [5.74, 6) is 0.332. The van der Waals surface area contributed by atoms with Gasteiger partial charge in [-0.2, -0.15) is 0 Å². The third-order valence-electron chi connectivity index (χ3n) is 12.5. The normalized spacial score (nSPS) is 12.7. The van der Waals surface area contributed by atoms with Gasteiger partial charge in [0.1, 0.15) is 11.6 Å². The van der Waals surface area contributed by atoms with E-state index in [1.54, 1.807) is 0 Å². The summed E-state index contributed by atoms with van der Waals surface area (Å²) < 4.78 is 11.6. The first-order valence-electron chi connectivity index (χ1n) is 23.0. The molecule has 6 aromatic carbocycles. The number of pyridine rings is 1. The van der Waals surface area contributed by atoms with Gasteiger partial charge in [0.05, 0.1) is 22.3 Å². The number of para-hydroxylation sites is 1. The largest absolute Gasteiger partial charge is 0.507 e. The minimum atomic E-state index is -0.904. The number of aromatic nitrogens is 3. The molecule has 0 saturated heterocycles. The van der Waals surface area contributed by atoms with Crippen LogP contribution >= 0.6 is 0 Å². The third-order valence-corrected chi connectivity index (χ3v) is 12.5. The number of fused-ring (bicyclic) bond motifs is 1.